The van der Waals surface area contributed by atoms with Gasteiger partial charge in [-0.05, 0) is 12.1 Å². The van der Waals surface area contributed by atoms with Crippen LogP contribution < -0.4 is 5.73 Å². The van der Waals surface area contributed by atoms with Crippen molar-refractivity contribution in [1.82, 2.24) is 14.8 Å². The van der Waals surface area contributed by atoms with Crippen LogP contribution in [0.25, 0.3) is 11.4 Å². The van der Waals surface area contributed by atoms with E-state index in [0.29, 0.717) is 36.9 Å². The molecule has 19 heavy (non-hydrogen) atoms. The van der Waals surface area contributed by atoms with Crippen molar-refractivity contribution in [3.8, 4) is 17.5 Å². The van der Waals surface area contributed by atoms with Crippen molar-refractivity contribution < 1.29 is 4.74 Å². The molecule has 0 saturated carbocycles. The van der Waals surface area contributed by atoms with Crippen LogP contribution in [0.1, 0.15) is 11.4 Å². The lowest BCUT2D eigenvalue weighted by atomic mass is 10.1. The highest BCUT2D eigenvalue weighted by Gasteiger charge is 2.12. The normalized spacial score (nSPS) is 10.4. The van der Waals surface area contributed by atoms with Crippen LogP contribution in [-0.4, -0.2) is 28.5 Å². The van der Waals surface area contributed by atoms with Gasteiger partial charge in [0.25, 0.3) is 0 Å². The maximum absolute atomic E-state index is 8.94. The first-order valence-corrected chi connectivity index (χ1v) is 5.91. The summed E-state index contributed by atoms with van der Waals surface area (Å²) in [4.78, 5) is 0. The van der Waals surface area contributed by atoms with Crippen molar-refractivity contribution in [2.75, 3.05) is 13.7 Å². The van der Waals surface area contributed by atoms with E-state index in [0.717, 1.165) is 5.56 Å². The molecule has 0 aliphatic carbocycles. The van der Waals surface area contributed by atoms with Gasteiger partial charge in [-0.2, -0.15) is 5.26 Å². The molecule has 1 aromatic carbocycles. The lowest BCUT2D eigenvalue weighted by Crippen LogP contribution is -2.12. The van der Waals surface area contributed by atoms with Gasteiger partial charge in [0.2, 0.25) is 0 Å². The third-order valence-electron chi connectivity index (χ3n) is 2.78. The summed E-state index contributed by atoms with van der Waals surface area (Å²) < 4.78 is 7.00. The van der Waals surface area contributed by atoms with Crippen LogP contribution in [0, 0.1) is 11.3 Å². The number of hydrogen-bond acceptors (Lipinski definition) is 5. The number of nitrogens with zero attached hydrogens (tertiary/aromatic N) is 4. The van der Waals surface area contributed by atoms with E-state index in [1.165, 1.54) is 0 Å². The molecule has 6 heteroatoms. The first kappa shape index (κ1) is 13.2. The van der Waals surface area contributed by atoms with Gasteiger partial charge in [0, 0.05) is 19.2 Å². The minimum atomic E-state index is 0.314. The molecule has 6 nitrogen and oxygen atoms in total. The molecule has 0 aliphatic heterocycles. The van der Waals surface area contributed by atoms with E-state index in [9.17, 15) is 0 Å². The van der Waals surface area contributed by atoms with Crippen LogP contribution in [0.2, 0.25) is 0 Å². The molecule has 2 aromatic rings. The number of nitriles is 1. The molecular weight excluding hydrogens is 242 g/mol. The van der Waals surface area contributed by atoms with Gasteiger partial charge in [-0.25, -0.2) is 0 Å². The Bertz CT molecular complexity index is 599. The Balaban J connectivity index is 2.43. The zero-order valence-electron chi connectivity index (χ0n) is 10.7. The standard InChI is InChI=1S/C13H15N5O/c1-19-6-5-18-12(9-15)16-17-13(18)11-4-2-3-10(7-11)8-14/h2-4,7H,5-6,9,15H2,1H3. The van der Waals surface area contributed by atoms with Crippen molar-refractivity contribution >= 4 is 0 Å². The molecule has 2 N–H and O–H groups in total. The van der Waals surface area contributed by atoms with Gasteiger partial charge in [-0.3, -0.25) is 0 Å². The number of methoxy groups -OCH3 is 1. The molecule has 0 unspecified atom stereocenters. The van der Waals surface area contributed by atoms with E-state index in [1.807, 2.05) is 16.7 Å². The van der Waals surface area contributed by atoms with Gasteiger partial charge in [0.05, 0.1) is 24.8 Å². The van der Waals surface area contributed by atoms with Crippen LogP contribution in [-0.2, 0) is 17.8 Å². The van der Waals surface area contributed by atoms with Crippen LogP contribution in [0.4, 0.5) is 0 Å². The Labute approximate surface area is 111 Å². The maximum Gasteiger partial charge on any atom is 0.164 e. The average molecular weight is 257 g/mol. The zero-order valence-corrected chi connectivity index (χ0v) is 10.7. The summed E-state index contributed by atoms with van der Waals surface area (Å²) in [6, 6.07) is 9.37. The smallest absolute Gasteiger partial charge is 0.164 e. The monoisotopic (exact) mass is 257 g/mol. The summed E-state index contributed by atoms with van der Waals surface area (Å²) in [5.41, 5.74) is 7.09. The van der Waals surface area contributed by atoms with Gasteiger partial charge >= 0.3 is 0 Å². The lowest BCUT2D eigenvalue weighted by Gasteiger charge is -2.09. The van der Waals surface area contributed by atoms with Crippen LogP contribution in [0.3, 0.4) is 0 Å². The number of rotatable bonds is 5. The summed E-state index contributed by atoms with van der Waals surface area (Å²) in [5.74, 6) is 1.41. The van der Waals surface area contributed by atoms with Gasteiger partial charge in [-0.15, -0.1) is 10.2 Å². The molecule has 0 atom stereocenters. The highest BCUT2D eigenvalue weighted by molar-refractivity contribution is 5.58. The van der Waals surface area contributed by atoms with E-state index >= 15 is 0 Å². The highest BCUT2D eigenvalue weighted by atomic mass is 16.5. The molecule has 0 aliphatic rings. The van der Waals surface area contributed by atoms with Crippen LogP contribution in [0.5, 0.6) is 0 Å². The molecule has 0 fully saturated rings. The van der Waals surface area contributed by atoms with Crippen molar-refractivity contribution in [1.29, 1.82) is 5.26 Å². The van der Waals surface area contributed by atoms with E-state index in [4.69, 9.17) is 15.7 Å². The van der Waals surface area contributed by atoms with Gasteiger partial charge in [0.15, 0.2) is 5.82 Å². The summed E-state index contributed by atoms with van der Waals surface area (Å²) in [7, 11) is 1.64. The predicted molar refractivity (Wildman–Crippen MR) is 69.9 cm³/mol. The molecule has 0 radical (unpaired) electrons. The molecule has 0 bridgehead atoms. The molecule has 1 aromatic heterocycles. The fraction of sp³-hybridized carbons (Fsp3) is 0.308. The summed E-state index contributed by atoms with van der Waals surface area (Å²) in [6.45, 7) is 1.49. The molecule has 0 amide bonds. The minimum Gasteiger partial charge on any atom is -0.383 e. The third-order valence-corrected chi connectivity index (χ3v) is 2.78. The molecule has 1 heterocycles. The largest absolute Gasteiger partial charge is 0.383 e. The molecular formula is C13H15N5O. The SMILES string of the molecule is COCCn1c(CN)nnc1-c1cccc(C#N)c1. The Kier molecular flexibility index (Phi) is 4.23. The van der Waals surface area contributed by atoms with E-state index in [1.54, 1.807) is 19.2 Å². The maximum atomic E-state index is 8.94. The Morgan fingerprint density at radius 1 is 1.42 bits per heavy atom. The Hall–Kier alpha value is -2.23. The number of hydrogen-bond donors (Lipinski definition) is 1. The molecule has 2 rings (SSSR count). The first-order valence-electron chi connectivity index (χ1n) is 5.91. The predicted octanol–water partition coefficient (Wildman–Crippen LogP) is 0.922. The quantitative estimate of drug-likeness (QED) is 0.860. The first-order chi connectivity index (χ1) is 9.30. The lowest BCUT2D eigenvalue weighted by molar-refractivity contribution is 0.186. The van der Waals surface area contributed by atoms with E-state index in [2.05, 4.69) is 16.3 Å². The number of benzene rings is 1. The number of nitrogens with two attached hydrogens (primary N) is 1. The van der Waals surface area contributed by atoms with Crippen molar-refractivity contribution in [2.24, 2.45) is 5.73 Å². The topological polar surface area (TPSA) is 89.8 Å². The summed E-state index contributed by atoms with van der Waals surface area (Å²) in [5, 5.41) is 17.2. The summed E-state index contributed by atoms with van der Waals surface area (Å²) in [6.07, 6.45) is 0. The molecule has 0 saturated heterocycles. The number of aromatic nitrogens is 3. The second kappa shape index (κ2) is 6.09. The van der Waals surface area contributed by atoms with Crippen molar-refractivity contribution in [3.05, 3.63) is 35.7 Å². The third kappa shape index (κ3) is 2.78. The molecule has 98 valence electrons. The second-order valence-electron chi connectivity index (χ2n) is 3.98. The fourth-order valence-corrected chi connectivity index (χ4v) is 1.85. The highest BCUT2D eigenvalue weighted by Crippen LogP contribution is 2.19. The second-order valence-corrected chi connectivity index (χ2v) is 3.98. The van der Waals surface area contributed by atoms with Crippen LogP contribution >= 0.6 is 0 Å². The average Bonchev–Trinajstić information content (AvgIpc) is 2.88. The van der Waals surface area contributed by atoms with Gasteiger partial charge in [-0.1, -0.05) is 12.1 Å². The Morgan fingerprint density at radius 2 is 2.26 bits per heavy atom. The van der Waals surface area contributed by atoms with E-state index in [-0.39, 0.29) is 0 Å². The van der Waals surface area contributed by atoms with Crippen molar-refractivity contribution in [2.45, 2.75) is 13.1 Å². The molecule has 0 spiro atoms. The summed E-state index contributed by atoms with van der Waals surface area (Å²) >= 11 is 0. The number of ether oxygens (including phenoxy) is 1. The van der Waals surface area contributed by atoms with Gasteiger partial charge in [0.1, 0.15) is 5.82 Å². The zero-order chi connectivity index (χ0) is 13.7. The van der Waals surface area contributed by atoms with Gasteiger partial charge < -0.3 is 15.0 Å². The fourth-order valence-electron chi connectivity index (χ4n) is 1.85. The van der Waals surface area contributed by atoms with Crippen molar-refractivity contribution in [3.63, 3.8) is 0 Å². The minimum absolute atomic E-state index is 0.314. The van der Waals surface area contributed by atoms with Crippen LogP contribution in [0.15, 0.2) is 24.3 Å². The Morgan fingerprint density at radius 3 is 2.95 bits per heavy atom. The van der Waals surface area contributed by atoms with E-state index < -0.39 is 0 Å².